The maximum atomic E-state index is 14.0. The van der Waals surface area contributed by atoms with Crippen LogP contribution < -0.4 is 19.1 Å². The largest absolute Gasteiger partial charge is 0.494 e. The van der Waals surface area contributed by atoms with Gasteiger partial charge < -0.3 is 24.0 Å². The maximum Gasteiger partial charge on any atom is 0.182 e. The number of amidine groups is 1. The highest BCUT2D eigenvalue weighted by Gasteiger charge is 2.57. The first-order valence-electron chi connectivity index (χ1n) is 14.0. The Labute approximate surface area is 226 Å². The fourth-order valence-electron chi connectivity index (χ4n) is 6.04. The van der Waals surface area contributed by atoms with Gasteiger partial charge in [-0.1, -0.05) is 20.8 Å². The van der Waals surface area contributed by atoms with Crippen LogP contribution >= 0.6 is 0 Å². The normalized spacial score (nSPS) is 17.7. The van der Waals surface area contributed by atoms with Gasteiger partial charge in [-0.15, -0.1) is 0 Å². The molecule has 1 saturated heterocycles. The first-order valence-corrected chi connectivity index (χ1v) is 14.0. The molecule has 7 nitrogen and oxygen atoms in total. The minimum atomic E-state index is -0.310. The zero-order chi connectivity index (χ0) is 27.2. The number of hydrogen-bond donors (Lipinski definition) is 1. The van der Waals surface area contributed by atoms with Crippen molar-refractivity contribution in [3.8, 4) is 17.2 Å². The Hall–Kier alpha value is -3.22. The van der Waals surface area contributed by atoms with Crippen LogP contribution in [0.5, 0.6) is 17.2 Å². The van der Waals surface area contributed by atoms with E-state index in [4.69, 9.17) is 19.6 Å². The van der Waals surface area contributed by atoms with Gasteiger partial charge in [0.1, 0.15) is 11.6 Å². The van der Waals surface area contributed by atoms with E-state index >= 15 is 0 Å². The molecule has 1 spiro atoms. The molecule has 38 heavy (non-hydrogen) atoms. The molecule has 7 heteroatoms. The van der Waals surface area contributed by atoms with Crippen molar-refractivity contribution >= 4 is 17.3 Å². The third kappa shape index (κ3) is 4.40. The lowest BCUT2D eigenvalue weighted by atomic mass is 9.84. The summed E-state index contributed by atoms with van der Waals surface area (Å²) in [4.78, 5) is 18.3. The van der Waals surface area contributed by atoms with E-state index in [2.05, 4.69) is 25.7 Å². The molecule has 0 atom stereocenters. The second-order valence-electron chi connectivity index (χ2n) is 11.6. The van der Waals surface area contributed by atoms with Gasteiger partial charge in [0.25, 0.3) is 0 Å². The van der Waals surface area contributed by atoms with E-state index in [1.54, 1.807) is 7.11 Å². The first-order chi connectivity index (χ1) is 18.1. The van der Waals surface area contributed by atoms with Gasteiger partial charge in [-0.05, 0) is 74.8 Å². The number of anilines is 1. The Morgan fingerprint density at radius 1 is 1.00 bits per heavy atom. The molecule has 2 aromatic carbocycles. The van der Waals surface area contributed by atoms with Crippen LogP contribution in [0.15, 0.2) is 24.3 Å². The molecule has 0 aromatic heterocycles. The molecule has 5 rings (SSSR count). The van der Waals surface area contributed by atoms with Gasteiger partial charge in [0.05, 0.1) is 38.1 Å². The summed E-state index contributed by atoms with van der Waals surface area (Å²) < 4.78 is 17.7. The van der Waals surface area contributed by atoms with E-state index in [-0.39, 0.29) is 23.3 Å². The summed E-state index contributed by atoms with van der Waals surface area (Å²) in [6, 6.07) is 7.97. The zero-order valence-corrected chi connectivity index (χ0v) is 23.7. The third-order valence-corrected chi connectivity index (χ3v) is 8.10. The fraction of sp³-hybridized carbons (Fsp3) is 0.548. The first kappa shape index (κ1) is 26.4. The van der Waals surface area contributed by atoms with Crippen molar-refractivity contribution < 1.29 is 19.0 Å². The number of hydrogen-bond acceptors (Lipinski definition) is 6. The van der Waals surface area contributed by atoms with Gasteiger partial charge in [0.2, 0.25) is 0 Å². The zero-order valence-electron chi connectivity index (χ0n) is 23.7. The number of benzene rings is 2. The van der Waals surface area contributed by atoms with Crippen LogP contribution in [0, 0.1) is 5.41 Å². The lowest BCUT2D eigenvalue weighted by molar-refractivity contribution is 0.0943. The number of nitrogens with one attached hydrogen (secondary N) is 1. The molecule has 0 amide bonds. The van der Waals surface area contributed by atoms with Gasteiger partial charge in [-0.25, -0.2) is 0 Å². The maximum absolute atomic E-state index is 14.0. The number of ketones is 1. The monoisotopic (exact) mass is 519 g/mol. The Balaban J connectivity index is 1.50. The number of carbonyl (C=O) groups is 1. The van der Waals surface area contributed by atoms with Gasteiger partial charge in [0.15, 0.2) is 17.3 Å². The summed E-state index contributed by atoms with van der Waals surface area (Å²) in [7, 11) is 1.72. The van der Waals surface area contributed by atoms with Crippen molar-refractivity contribution in [2.24, 2.45) is 0 Å². The number of rotatable bonds is 9. The smallest absolute Gasteiger partial charge is 0.182 e. The van der Waals surface area contributed by atoms with Crippen LogP contribution in [-0.4, -0.2) is 56.5 Å². The predicted molar refractivity (Wildman–Crippen MR) is 151 cm³/mol. The summed E-state index contributed by atoms with van der Waals surface area (Å²) in [5.41, 5.74) is 4.14. The number of nitrogens with zero attached hydrogens (tertiary/aromatic N) is 2. The molecule has 2 aromatic rings. The minimum Gasteiger partial charge on any atom is -0.494 e. The molecule has 0 bridgehead atoms. The van der Waals surface area contributed by atoms with E-state index < -0.39 is 0 Å². The predicted octanol–water partition coefficient (Wildman–Crippen LogP) is 5.90. The van der Waals surface area contributed by atoms with E-state index in [1.807, 2.05) is 43.0 Å². The van der Waals surface area contributed by atoms with Gasteiger partial charge in [-0.3, -0.25) is 10.2 Å². The SMILES string of the molecule is CCOc1cc2c(cc1OCC)C1(CC1)N(CC(=O)c1cc(N3CCCC3)c(OC)c(C(C)(C)C)c1)C2=N. The van der Waals surface area contributed by atoms with Gasteiger partial charge >= 0.3 is 0 Å². The van der Waals surface area contributed by atoms with Gasteiger partial charge in [-0.2, -0.15) is 0 Å². The second-order valence-corrected chi connectivity index (χ2v) is 11.6. The number of carbonyl (C=O) groups excluding carboxylic acids is 1. The van der Waals surface area contributed by atoms with Crippen molar-refractivity contribution in [2.75, 3.05) is 44.9 Å². The van der Waals surface area contributed by atoms with Crippen molar-refractivity contribution in [3.05, 3.63) is 46.5 Å². The summed E-state index contributed by atoms with van der Waals surface area (Å²) in [5.74, 6) is 2.64. The average molecular weight is 520 g/mol. The number of ether oxygens (including phenoxy) is 3. The highest BCUT2D eigenvalue weighted by molar-refractivity contribution is 6.07. The third-order valence-electron chi connectivity index (χ3n) is 8.10. The van der Waals surface area contributed by atoms with E-state index in [1.165, 1.54) is 0 Å². The lowest BCUT2D eigenvalue weighted by Crippen LogP contribution is -2.38. The van der Waals surface area contributed by atoms with Crippen LogP contribution in [0.25, 0.3) is 0 Å². The highest BCUT2D eigenvalue weighted by Crippen LogP contribution is 2.58. The van der Waals surface area contributed by atoms with E-state index in [9.17, 15) is 4.79 Å². The quantitative estimate of drug-likeness (QED) is 0.416. The van der Waals surface area contributed by atoms with Gasteiger partial charge in [0, 0.05) is 29.8 Å². The Bertz CT molecular complexity index is 1250. The highest BCUT2D eigenvalue weighted by atomic mass is 16.5. The van der Waals surface area contributed by atoms with E-state index in [0.29, 0.717) is 36.1 Å². The number of methoxy groups -OCH3 is 1. The fourth-order valence-corrected chi connectivity index (χ4v) is 6.04. The molecule has 1 saturated carbocycles. The molecule has 2 heterocycles. The molecule has 1 aliphatic carbocycles. The molecular formula is C31H41N3O4. The standard InChI is InChI=1S/C31H41N3O4/c1-7-37-26-17-21-22(18-27(26)38-8-2)31(11-12-31)34(29(21)32)19-25(35)20-15-23(30(3,4)5)28(36-6)24(16-20)33-13-9-10-14-33/h15-18,32H,7-14,19H2,1-6H3. The number of Topliss-reactive ketones (excluding diaryl/α,β-unsaturated/α-hetero) is 1. The summed E-state index contributed by atoms with van der Waals surface area (Å²) in [6.07, 6.45) is 4.13. The van der Waals surface area contributed by atoms with Crippen molar-refractivity contribution in [3.63, 3.8) is 0 Å². The molecule has 3 aliphatic rings. The van der Waals surface area contributed by atoms with Crippen LogP contribution in [0.1, 0.15) is 87.4 Å². The molecule has 2 fully saturated rings. The molecule has 0 radical (unpaired) electrons. The Morgan fingerprint density at radius 2 is 1.63 bits per heavy atom. The summed E-state index contributed by atoms with van der Waals surface area (Å²) >= 11 is 0. The molecule has 0 unspecified atom stereocenters. The Kier molecular flexibility index (Phi) is 6.82. The lowest BCUT2D eigenvalue weighted by Gasteiger charge is -2.30. The van der Waals surface area contributed by atoms with Crippen LogP contribution in [0.2, 0.25) is 0 Å². The molecule has 204 valence electrons. The van der Waals surface area contributed by atoms with Crippen LogP contribution in [0.3, 0.4) is 0 Å². The minimum absolute atomic E-state index is 0.0255. The number of fused-ring (bicyclic) bond motifs is 2. The summed E-state index contributed by atoms with van der Waals surface area (Å²) in [5, 5.41) is 9.07. The molecule has 1 N–H and O–H groups in total. The van der Waals surface area contributed by atoms with Crippen LogP contribution in [-0.2, 0) is 11.0 Å². The second kappa shape index (κ2) is 9.83. The van der Waals surface area contributed by atoms with Crippen molar-refractivity contribution in [2.45, 2.75) is 71.3 Å². The van der Waals surface area contributed by atoms with Crippen molar-refractivity contribution in [1.82, 2.24) is 4.90 Å². The van der Waals surface area contributed by atoms with E-state index in [0.717, 1.165) is 66.9 Å². The molecule has 2 aliphatic heterocycles. The molecular weight excluding hydrogens is 478 g/mol. The van der Waals surface area contributed by atoms with Crippen LogP contribution in [0.4, 0.5) is 5.69 Å². The Morgan fingerprint density at radius 3 is 2.18 bits per heavy atom. The van der Waals surface area contributed by atoms with Crippen molar-refractivity contribution in [1.29, 1.82) is 5.41 Å². The summed E-state index contributed by atoms with van der Waals surface area (Å²) in [6.45, 7) is 13.5. The topological polar surface area (TPSA) is 75.1 Å². The average Bonchev–Trinajstić information content (AvgIpc) is 3.43.